The van der Waals surface area contributed by atoms with E-state index in [-0.39, 0.29) is 17.9 Å². The largest absolute Gasteiger partial charge is 0.377 e. The van der Waals surface area contributed by atoms with Gasteiger partial charge in [0, 0.05) is 38.6 Å². The van der Waals surface area contributed by atoms with Crippen molar-refractivity contribution in [2.75, 3.05) is 37.4 Å². The van der Waals surface area contributed by atoms with E-state index in [1.54, 1.807) is 4.90 Å². The Morgan fingerprint density at radius 1 is 1.23 bits per heavy atom. The summed E-state index contributed by atoms with van der Waals surface area (Å²) in [5.41, 5.74) is 2.96. The van der Waals surface area contributed by atoms with E-state index in [0.717, 1.165) is 49.3 Å². The summed E-state index contributed by atoms with van der Waals surface area (Å²) in [4.78, 5) is 29.1. The number of carbonyl (C=O) groups is 2. The zero-order chi connectivity index (χ0) is 19.3. The standard InChI is InChI=1S/C20H32N4O2/c1-6-14(2)18(22-20(26)24-11-7-8-12-24)19(25)21-16-9-10-17(23(4)5)15(3)13-16/h9-10,13-14,18H,6-8,11-12H2,1-5H3,(H,21,25)(H,22,26)/t14?,18-/m0/s1. The average Bonchev–Trinajstić information content (AvgIpc) is 3.13. The van der Waals surface area contributed by atoms with Crippen LogP contribution in [0.4, 0.5) is 16.2 Å². The van der Waals surface area contributed by atoms with Crippen molar-refractivity contribution in [3.05, 3.63) is 23.8 Å². The smallest absolute Gasteiger partial charge is 0.318 e. The summed E-state index contributed by atoms with van der Waals surface area (Å²) < 4.78 is 0. The molecule has 1 fully saturated rings. The molecule has 0 radical (unpaired) electrons. The fourth-order valence-electron chi connectivity index (χ4n) is 3.30. The van der Waals surface area contributed by atoms with Crippen molar-refractivity contribution in [2.45, 2.75) is 46.1 Å². The number of amides is 3. The maximum Gasteiger partial charge on any atom is 0.318 e. The highest BCUT2D eigenvalue weighted by molar-refractivity contribution is 5.97. The second-order valence-electron chi connectivity index (χ2n) is 7.39. The summed E-state index contributed by atoms with van der Waals surface area (Å²) in [5, 5.41) is 5.91. The number of nitrogens with zero attached hydrogens (tertiary/aromatic N) is 2. The first kappa shape index (κ1) is 20.1. The van der Waals surface area contributed by atoms with Gasteiger partial charge in [-0.15, -0.1) is 0 Å². The highest BCUT2D eigenvalue weighted by Gasteiger charge is 2.28. The molecule has 1 aliphatic heterocycles. The summed E-state index contributed by atoms with van der Waals surface area (Å²) in [6, 6.07) is 5.18. The van der Waals surface area contributed by atoms with E-state index >= 15 is 0 Å². The van der Waals surface area contributed by atoms with Crippen LogP contribution in [0.3, 0.4) is 0 Å². The molecule has 26 heavy (non-hydrogen) atoms. The van der Waals surface area contributed by atoms with Gasteiger partial charge in [-0.1, -0.05) is 20.3 Å². The molecule has 2 N–H and O–H groups in total. The van der Waals surface area contributed by atoms with Gasteiger partial charge in [-0.2, -0.15) is 0 Å². The number of hydrogen-bond donors (Lipinski definition) is 2. The Balaban J connectivity index is 2.08. The van der Waals surface area contributed by atoms with Gasteiger partial charge in [-0.05, 0) is 49.4 Å². The molecule has 0 saturated carbocycles. The minimum atomic E-state index is -0.540. The molecular formula is C20H32N4O2. The number of hydrogen-bond acceptors (Lipinski definition) is 3. The number of aryl methyl sites for hydroxylation is 1. The van der Waals surface area contributed by atoms with Crippen molar-refractivity contribution in [2.24, 2.45) is 5.92 Å². The number of benzene rings is 1. The van der Waals surface area contributed by atoms with Crippen molar-refractivity contribution < 1.29 is 9.59 Å². The Morgan fingerprint density at radius 3 is 2.42 bits per heavy atom. The lowest BCUT2D eigenvalue weighted by atomic mass is 9.98. The molecule has 1 heterocycles. The summed E-state index contributed by atoms with van der Waals surface area (Å²) in [7, 11) is 3.99. The molecule has 1 aliphatic rings. The number of likely N-dealkylation sites (tertiary alicyclic amines) is 1. The average molecular weight is 361 g/mol. The summed E-state index contributed by atoms with van der Waals surface area (Å²) in [6.07, 6.45) is 2.88. The number of carbonyl (C=O) groups excluding carboxylic acids is 2. The Hall–Kier alpha value is -2.24. The van der Waals surface area contributed by atoms with Crippen LogP contribution in [0.1, 0.15) is 38.7 Å². The predicted molar refractivity (Wildman–Crippen MR) is 107 cm³/mol. The first-order valence-corrected chi connectivity index (χ1v) is 9.47. The van der Waals surface area contributed by atoms with Gasteiger partial charge in [-0.3, -0.25) is 4.79 Å². The molecule has 0 aromatic heterocycles. The van der Waals surface area contributed by atoms with Crippen molar-refractivity contribution in [1.82, 2.24) is 10.2 Å². The predicted octanol–water partition coefficient (Wildman–Crippen LogP) is 3.22. The molecule has 0 aliphatic carbocycles. The van der Waals surface area contributed by atoms with E-state index in [2.05, 4.69) is 10.6 Å². The molecular weight excluding hydrogens is 328 g/mol. The van der Waals surface area contributed by atoms with Crippen molar-refractivity contribution in [1.29, 1.82) is 0 Å². The van der Waals surface area contributed by atoms with Crippen LogP contribution >= 0.6 is 0 Å². The Kier molecular flexibility index (Phi) is 6.89. The normalized spacial score (nSPS) is 16.1. The molecule has 3 amide bonds. The van der Waals surface area contributed by atoms with Gasteiger partial charge in [0.2, 0.25) is 5.91 Å². The fourth-order valence-corrected chi connectivity index (χ4v) is 3.30. The third-order valence-corrected chi connectivity index (χ3v) is 5.11. The molecule has 2 rings (SSSR count). The third kappa shape index (κ3) is 4.90. The van der Waals surface area contributed by atoms with Crippen LogP contribution in [0.2, 0.25) is 0 Å². The third-order valence-electron chi connectivity index (χ3n) is 5.11. The SMILES string of the molecule is CCC(C)[C@H](NC(=O)N1CCCC1)C(=O)Nc1ccc(N(C)C)c(C)c1. The maximum absolute atomic E-state index is 12.8. The van der Waals surface area contributed by atoms with Crippen LogP contribution in [-0.2, 0) is 4.79 Å². The molecule has 1 unspecified atom stereocenters. The number of rotatable bonds is 6. The highest BCUT2D eigenvalue weighted by atomic mass is 16.2. The maximum atomic E-state index is 12.8. The molecule has 1 aromatic rings. The molecule has 1 saturated heterocycles. The zero-order valence-electron chi connectivity index (χ0n) is 16.6. The number of anilines is 2. The van der Waals surface area contributed by atoms with Gasteiger partial charge in [-0.25, -0.2) is 4.79 Å². The fraction of sp³-hybridized carbons (Fsp3) is 0.600. The quantitative estimate of drug-likeness (QED) is 0.819. The second-order valence-corrected chi connectivity index (χ2v) is 7.39. The Morgan fingerprint density at radius 2 is 1.88 bits per heavy atom. The van der Waals surface area contributed by atoms with E-state index in [1.807, 2.05) is 58.0 Å². The summed E-state index contributed by atoms with van der Waals surface area (Å²) in [5.74, 6) is -0.104. The van der Waals surface area contributed by atoms with Crippen LogP contribution in [0.15, 0.2) is 18.2 Å². The first-order chi connectivity index (χ1) is 12.3. The first-order valence-electron chi connectivity index (χ1n) is 9.47. The Labute approximate surface area is 156 Å². The van der Waals surface area contributed by atoms with Crippen LogP contribution in [0.25, 0.3) is 0 Å². The van der Waals surface area contributed by atoms with E-state index in [4.69, 9.17) is 0 Å². The lowest BCUT2D eigenvalue weighted by Crippen LogP contribution is -2.51. The zero-order valence-corrected chi connectivity index (χ0v) is 16.6. The van der Waals surface area contributed by atoms with E-state index < -0.39 is 6.04 Å². The van der Waals surface area contributed by atoms with Gasteiger partial charge < -0.3 is 20.4 Å². The van der Waals surface area contributed by atoms with Crippen LogP contribution in [0.5, 0.6) is 0 Å². The number of urea groups is 1. The van der Waals surface area contributed by atoms with Gasteiger partial charge in [0.25, 0.3) is 0 Å². The molecule has 144 valence electrons. The van der Waals surface area contributed by atoms with Crippen molar-refractivity contribution >= 4 is 23.3 Å². The van der Waals surface area contributed by atoms with Gasteiger partial charge >= 0.3 is 6.03 Å². The topological polar surface area (TPSA) is 64.7 Å². The van der Waals surface area contributed by atoms with Gasteiger partial charge in [0.15, 0.2) is 0 Å². The molecule has 0 spiro atoms. The minimum absolute atomic E-state index is 0.0590. The molecule has 0 bridgehead atoms. The second kappa shape index (κ2) is 8.92. The van der Waals surface area contributed by atoms with Crippen LogP contribution in [-0.4, -0.2) is 50.1 Å². The number of nitrogens with one attached hydrogen (secondary N) is 2. The minimum Gasteiger partial charge on any atom is -0.377 e. The van der Waals surface area contributed by atoms with Crippen molar-refractivity contribution in [3.8, 4) is 0 Å². The molecule has 2 atom stereocenters. The van der Waals surface area contributed by atoms with Crippen molar-refractivity contribution in [3.63, 3.8) is 0 Å². The molecule has 1 aromatic carbocycles. The Bertz CT molecular complexity index is 639. The lowest BCUT2D eigenvalue weighted by Gasteiger charge is -2.26. The highest BCUT2D eigenvalue weighted by Crippen LogP contribution is 2.22. The molecule has 6 heteroatoms. The van der Waals surface area contributed by atoms with Crippen LogP contribution < -0.4 is 15.5 Å². The summed E-state index contributed by atoms with van der Waals surface area (Å²) >= 11 is 0. The summed E-state index contributed by atoms with van der Waals surface area (Å²) in [6.45, 7) is 7.59. The molecule has 6 nitrogen and oxygen atoms in total. The van der Waals surface area contributed by atoms with Gasteiger partial charge in [0.05, 0.1) is 0 Å². The van der Waals surface area contributed by atoms with Gasteiger partial charge in [0.1, 0.15) is 6.04 Å². The van der Waals surface area contributed by atoms with E-state index in [0.29, 0.717) is 0 Å². The lowest BCUT2D eigenvalue weighted by molar-refractivity contribution is -0.119. The van der Waals surface area contributed by atoms with E-state index in [1.165, 1.54) is 0 Å². The van der Waals surface area contributed by atoms with Crippen LogP contribution in [0, 0.1) is 12.8 Å². The monoisotopic (exact) mass is 360 g/mol. The van der Waals surface area contributed by atoms with E-state index in [9.17, 15) is 9.59 Å².